The minimum Gasteiger partial charge on any atom is -0.478 e. The van der Waals surface area contributed by atoms with Gasteiger partial charge in [0.1, 0.15) is 17.1 Å². The van der Waals surface area contributed by atoms with E-state index in [1.165, 1.54) is 6.33 Å². The quantitative estimate of drug-likeness (QED) is 0.649. The third kappa shape index (κ3) is 5.30. The van der Waals surface area contributed by atoms with Crippen LogP contribution in [-0.2, 0) is 4.74 Å². The number of ether oxygens (including phenoxy) is 1. The Morgan fingerprint density at radius 1 is 1.28 bits per heavy atom. The van der Waals surface area contributed by atoms with Crippen molar-refractivity contribution in [3.05, 3.63) is 40.8 Å². The summed E-state index contributed by atoms with van der Waals surface area (Å²) in [6.45, 7) is 11.1. The van der Waals surface area contributed by atoms with Gasteiger partial charge in [-0.15, -0.1) is 0 Å². The van der Waals surface area contributed by atoms with Crippen LogP contribution in [0.3, 0.4) is 0 Å². The second-order valence-corrected chi connectivity index (χ2v) is 9.24. The van der Waals surface area contributed by atoms with Crippen molar-refractivity contribution in [2.24, 2.45) is 0 Å². The van der Waals surface area contributed by atoms with Crippen LogP contribution in [0.1, 0.15) is 50.0 Å². The molecule has 32 heavy (non-hydrogen) atoms. The average molecular weight is 461 g/mol. The molecule has 0 radical (unpaired) electrons. The molecule has 1 aromatic carbocycles. The largest absolute Gasteiger partial charge is 0.478 e. The molecule has 1 aliphatic rings. The van der Waals surface area contributed by atoms with Gasteiger partial charge in [-0.25, -0.2) is 19.6 Å². The molecule has 3 rings (SSSR count). The molecule has 8 nitrogen and oxygen atoms in total. The molecule has 0 bridgehead atoms. The number of likely N-dealkylation sites (N-methyl/N-ethyl adjacent to an activating group) is 1. The Balaban J connectivity index is 1.96. The number of halogens is 1. The number of carboxylic acids is 1. The van der Waals surface area contributed by atoms with Gasteiger partial charge in [0.2, 0.25) is 0 Å². The molecule has 2 aromatic rings. The lowest BCUT2D eigenvalue weighted by molar-refractivity contribution is 0.0292. The van der Waals surface area contributed by atoms with E-state index in [1.807, 2.05) is 33.8 Å². The normalized spacial score (nSPS) is 16.2. The highest BCUT2D eigenvalue weighted by atomic mass is 35.5. The number of nitrogens with zero attached hydrogens (tertiary/aromatic N) is 4. The van der Waals surface area contributed by atoms with E-state index in [-0.39, 0.29) is 22.9 Å². The van der Waals surface area contributed by atoms with Gasteiger partial charge in [-0.2, -0.15) is 0 Å². The summed E-state index contributed by atoms with van der Waals surface area (Å²) in [4.78, 5) is 36.5. The molecule has 1 aliphatic heterocycles. The van der Waals surface area contributed by atoms with E-state index in [0.717, 1.165) is 12.1 Å². The molecule has 0 spiro atoms. The van der Waals surface area contributed by atoms with Gasteiger partial charge in [-0.05, 0) is 58.7 Å². The zero-order chi connectivity index (χ0) is 23.6. The summed E-state index contributed by atoms with van der Waals surface area (Å²) in [5.74, 6) is -1.01. The number of rotatable bonds is 5. The molecular formula is C23H29ClN4O4. The number of hydrogen-bond acceptors (Lipinski definition) is 6. The molecule has 0 saturated carbocycles. The molecule has 1 saturated heterocycles. The molecule has 0 aliphatic carbocycles. The molecule has 1 unspecified atom stereocenters. The van der Waals surface area contributed by atoms with E-state index in [2.05, 4.69) is 14.9 Å². The monoisotopic (exact) mass is 460 g/mol. The minimum atomic E-state index is -1.01. The Morgan fingerprint density at radius 2 is 2.00 bits per heavy atom. The summed E-state index contributed by atoms with van der Waals surface area (Å²) in [6, 6.07) is 5.18. The van der Waals surface area contributed by atoms with Gasteiger partial charge >= 0.3 is 12.1 Å². The first-order chi connectivity index (χ1) is 15.0. The van der Waals surface area contributed by atoms with Crippen LogP contribution in [0.5, 0.6) is 0 Å². The van der Waals surface area contributed by atoms with Gasteiger partial charge in [-0.1, -0.05) is 11.6 Å². The van der Waals surface area contributed by atoms with E-state index < -0.39 is 11.6 Å². The van der Waals surface area contributed by atoms with Crippen LogP contribution in [0.2, 0.25) is 5.15 Å². The highest BCUT2D eigenvalue weighted by Crippen LogP contribution is 2.33. The van der Waals surface area contributed by atoms with Gasteiger partial charge in [-0.3, -0.25) is 0 Å². The predicted molar refractivity (Wildman–Crippen MR) is 123 cm³/mol. The number of likely N-dealkylation sites (tertiary alicyclic amines) is 1. The predicted octanol–water partition coefficient (Wildman–Crippen LogP) is 4.64. The summed E-state index contributed by atoms with van der Waals surface area (Å²) < 4.78 is 5.52. The molecule has 1 amide bonds. The van der Waals surface area contributed by atoms with Crippen LogP contribution >= 0.6 is 11.6 Å². The van der Waals surface area contributed by atoms with E-state index in [1.54, 1.807) is 24.0 Å². The average Bonchev–Trinajstić information content (AvgIpc) is 3.18. The van der Waals surface area contributed by atoms with Gasteiger partial charge in [0.05, 0.1) is 11.3 Å². The number of carboxylic acid groups (broad SMARTS) is 1. The summed E-state index contributed by atoms with van der Waals surface area (Å²) in [7, 11) is 0. The van der Waals surface area contributed by atoms with Crippen molar-refractivity contribution in [2.45, 2.75) is 52.7 Å². The fraction of sp³-hybridized carbons (Fsp3) is 0.478. The minimum absolute atomic E-state index is 0.0390. The summed E-state index contributed by atoms with van der Waals surface area (Å²) >= 11 is 6.03. The van der Waals surface area contributed by atoms with Crippen LogP contribution < -0.4 is 4.90 Å². The molecule has 1 aromatic heterocycles. The second kappa shape index (κ2) is 9.32. The molecule has 1 N–H and O–H groups in total. The SMILES string of the molecule is CCN(c1cc(-c2cc(Cl)ncn2)cc(C(=O)O)c1C)C1CCN(C(=O)OC(C)(C)C)C1. The van der Waals surface area contributed by atoms with E-state index in [9.17, 15) is 14.7 Å². The maximum Gasteiger partial charge on any atom is 0.410 e. The third-order valence-corrected chi connectivity index (χ3v) is 5.65. The molecular weight excluding hydrogens is 432 g/mol. The number of hydrogen-bond donors (Lipinski definition) is 1. The number of anilines is 1. The summed E-state index contributed by atoms with van der Waals surface area (Å²) in [5.41, 5.74) is 2.30. The maximum atomic E-state index is 12.5. The van der Waals surface area contributed by atoms with Crippen LogP contribution in [0.4, 0.5) is 10.5 Å². The smallest absolute Gasteiger partial charge is 0.410 e. The maximum absolute atomic E-state index is 12.5. The van der Waals surface area contributed by atoms with Gasteiger partial charge < -0.3 is 19.6 Å². The third-order valence-electron chi connectivity index (χ3n) is 5.45. The van der Waals surface area contributed by atoms with E-state index in [0.29, 0.717) is 36.5 Å². The Labute approximate surface area is 193 Å². The molecule has 1 atom stereocenters. The molecule has 172 valence electrons. The van der Waals surface area contributed by atoms with Crippen molar-refractivity contribution in [1.29, 1.82) is 0 Å². The number of carbonyl (C=O) groups excluding carboxylic acids is 1. The Kier molecular flexibility index (Phi) is 6.93. The first-order valence-corrected chi connectivity index (χ1v) is 11.0. The number of carbonyl (C=O) groups is 2. The fourth-order valence-corrected chi connectivity index (χ4v) is 4.12. The van der Waals surface area contributed by atoms with Crippen molar-refractivity contribution in [1.82, 2.24) is 14.9 Å². The van der Waals surface area contributed by atoms with E-state index in [4.69, 9.17) is 16.3 Å². The van der Waals surface area contributed by atoms with Crippen molar-refractivity contribution < 1.29 is 19.4 Å². The Bertz CT molecular complexity index is 1020. The van der Waals surface area contributed by atoms with Gasteiger partial charge in [0.15, 0.2) is 0 Å². The van der Waals surface area contributed by atoms with Crippen LogP contribution in [0.25, 0.3) is 11.3 Å². The topological polar surface area (TPSA) is 95.9 Å². The first-order valence-electron chi connectivity index (χ1n) is 10.6. The Hall–Kier alpha value is -2.87. The van der Waals surface area contributed by atoms with Gasteiger partial charge in [0, 0.05) is 43.0 Å². The van der Waals surface area contributed by atoms with Crippen LogP contribution in [0, 0.1) is 6.92 Å². The lowest BCUT2D eigenvalue weighted by Gasteiger charge is -2.32. The number of aromatic nitrogens is 2. The highest BCUT2D eigenvalue weighted by molar-refractivity contribution is 6.29. The van der Waals surface area contributed by atoms with Crippen molar-refractivity contribution in [3.63, 3.8) is 0 Å². The highest BCUT2D eigenvalue weighted by Gasteiger charge is 2.33. The summed E-state index contributed by atoms with van der Waals surface area (Å²) in [5, 5.41) is 10.1. The molecule has 2 heterocycles. The van der Waals surface area contributed by atoms with Gasteiger partial charge in [0.25, 0.3) is 0 Å². The number of amides is 1. The van der Waals surface area contributed by atoms with Crippen molar-refractivity contribution in [3.8, 4) is 11.3 Å². The lowest BCUT2D eigenvalue weighted by Crippen LogP contribution is -2.41. The zero-order valence-corrected chi connectivity index (χ0v) is 19.8. The molecule has 9 heteroatoms. The summed E-state index contributed by atoms with van der Waals surface area (Å²) in [6.07, 6.45) is 1.78. The van der Waals surface area contributed by atoms with Crippen LogP contribution in [-0.4, -0.2) is 63.3 Å². The molecule has 1 fully saturated rings. The number of benzene rings is 1. The number of aromatic carboxylic acids is 1. The van der Waals surface area contributed by atoms with Crippen LogP contribution in [0.15, 0.2) is 24.5 Å². The second-order valence-electron chi connectivity index (χ2n) is 8.85. The fourth-order valence-electron chi connectivity index (χ4n) is 3.97. The van der Waals surface area contributed by atoms with E-state index >= 15 is 0 Å². The standard InChI is InChI=1S/C23H29ClN4O4/c1-6-28(16-7-8-27(12-16)22(31)32-23(3,4)5)19-10-15(9-17(14(19)2)21(29)30)18-11-20(24)26-13-25-18/h9-11,13,16H,6-8,12H2,1-5H3,(H,29,30). The first kappa shape index (κ1) is 23.8. The van der Waals surface area contributed by atoms with Crippen molar-refractivity contribution in [2.75, 3.05) is 24.5 Å². The van der Waals surface area contributed by atoms with Crippen molar-refractivity contribution >= 4 is 29.4 Å². The lowest BCUT2D eigenvalue weighted by atomic mass is 9.98. The Morgan fingerprint density at radius 3 is 2.59 bits per heavy atom. The zero-order valence-electron chi connectivity index (χ0n) is 19.1.